The van der Waals surface area contributed by atoms with Crippen molar-refractivity contribution in [3.63, 3.8) is 0 Å². The minimum atomic E-state index is -0.175. The van der Waals surface area contributed by atoms with Gasteiger partial charge in [0.15, 0.2) is 0 Å². The van der Waals surface area contributed by atoms with Crippen LogP contribution >= 0.6 is 0 Å². The summed E-state index contributed by atoms with van der Waals surface area (Å²) >= 11 is 0. The molecule has 0 aliphatic carbocycles. The van der Waals surface area contributed by atoms with E-state index in [1.165, 1.54) is 24.0 Å². The second-order valence-electron chi connectivity index (χ2n) is 7.26. The van der Waals surface area contributed by atoms with Crippen LogP contribution in [0.4, 0.5) is 0 Å². The van der Waals surface area contributed by atoms with Gasteiger partial charge in [-0.15, -0.1) is 0 Å². The van der Waals surface area contributed by atoms with E-state index in [-0.39, 0.29) is 18.0 Å². The number of amides is 1. The molecule has 3 heterocycles. The third-order valence-electron chi connectivity index (χ3n) is 5.75. The van der Waals surface area contributed by atoms with Gasteiger partial charge in [0.1, 0.15) is 11.8 Å². The molecule has 0 spiro atoms. The van der Waals surface area contributed by atoms with Crippen LogP contribution in [0.5, 0.6) is 5.75 Å². The van der Waals surface area contributed by atoms with E-state index >= 15 is 0 Å². The Morgan fingerprint density at radius 1 is 1.40 bits per heavy atom. The molecular formula is C19H28N4O2. The molecule has 0 saturated carbocycles. The third-order valence-corrected chi connectivity index (χ3v) is 5.75. The SMILES string of the molecule is CCN1CCCC1CNC(=O)C1CC(c2ccc3c(c2)CCO3)NN1. The summed E-state index contributed by atoms with van der Waals surface area (Å²) in [6.45, 7) is 5.94. The molecule has 3 aliphatic heterocycles. The van der Waals surface area contributed by atoms with E-state index in [1.54, 1.807) is 0 Å². The minimum Gasteiger partial charge on any atom is -0.493 e. The molecule has 1 amide bonds. The predicted octanol–water partition coefficient (Wildman–Crippen LogP) is 1.13. The van der Waals surface area contributed by atoms with Crippen LogP contribution in [0.2, 0.25) is 0 Å². The number of rotatable bonds is 5. The lowest BCUT2D eigenvalue weighted by molar-refractivity contribution is -0.123. The quantitative estimate of drug-likeness (QED) is 0.747. The lowest BCUT2D eigenvalue weighted by Gasteiger charge is -2.23. The smallest absolute Gasteiger partial charge is 0.238 e. The van der Waals surface area contributed by atoms with Crippen LogP contribution in [0.1, 0.15) is 43.4 Å². The van der Waals surface area contributed by atoms with Gasteiger partial charge in [-0.2, -0.15) is 0 Å². The van der Waals surface area contributed by atoms with Crippen LogP contribution in [0.3, 0.4) is 0 Å². The monoisotopic (exact) mass is 344 g/mol. The molecule has 25 heavy (non-hydrogen) atoms. The van der Waals surface area contributed by atoms with E-state index in [0.717, 1.165) is 44.8 Å². The molecule has 3 atom stereocenters. The summed E-state index contributed by atoms with van der Waals surface area (Å²) in [5.41, 5.74) is 8.94. The number of benzene rings is 1. The molecule has 6 heteroatoms. The number of hydrogen-bond acceptors (Lipinski definition) is 5. The fraction of sp³-hybridized carbons (Fsp3) is 0.632. The van der Waals surface area contributed by atoms with Gasteiger partial charge < -0.3 is 10.1 Å². The highest BCUT2D eigenvalue weighted by Crippen LogP contribution is 2.30. The number of fused-ring (bicyclic) bond motifs is 1. The lowest BCUT2D eigenvalue weighted by atomic mass is 9.99. The predicted molar refractivity (Wildman–Crippen MR) is 96.3 cm³/mol. The summed E-state index contributed by atoms with van der Waals surface area (Å²) in [5.74, 6) is 1.10. The summed E-state index contributed by atoms with van der Waals surface area (Å²) in [6.07, 6.45) is 4.17. The summed E-state index contributed by atoms with van der Waals surface area (Å²) in [7, 11) is 0. The maximum absolute atomic E-state index is 12.5. The van der Waals surface area contributed by atoms with Crippen LogP contribution in [0.25, 0.3) is 0 Å². The molecule has 6 nitrogen and oxygen atoms in total. The Morgan fingerprint density at radius 2 is 2.32 bits per heavy atom. The summed E-state index contributed by atoms with van der Waals surface area (Å²) < 4.78 is 5.57. The molecule has 3 aliphatic rings. The number of carbonyl (C=O) groups excluding carboxylic acids is 1. The molecule has 0 bridgehead atoms. The highest BCUT2D eigenvalue weighted by molar-refractivity contribution is 5.82. The van der Waals surface area contributed by atoms with Crippen molar-refractivity contribution in [1.29, 1.82) is 0 Å². The Labute approximate surface area is 149 Å². The number of likely N-dealkylation sites (tertiary alicyclic amines) is 1. The molecule has 1 aromatic rings. The van der Waals surface area contributed by atoms with Crippen molar-refractivity contribution in [3.8, 4) is 5.75 Å². The fourth-order valence-electron chi connectivity index (χ4n) is 4.25. The van der Waals surface area contributed by atoms with Crippen molar-refractivity contribution in [2.45, 2.75) is 50.7 Å². The highest BCUT2D eigenvalue weighted by atomic mass is 16.5. The summed E-state index contributed by atoms with van der Waals surface area (Å²) in [5, 5.41) is 3.14. The van der Waals surface area contributed by atoms with Gasteiger partial charge in [0.25, 0.3) is 0 Å². The van der Waals surface area contributed by atoms with E-state index in [2.05, 4.69) is 40.1 Å². The minimum absolute atomic E-state index is 0.0995. The van der Waals surface area contributed by atoms with E-state index < -0.39 is 0 Å². The first-order valence-corrected chi connectivity index (χ1v) is 9.53. The van der Waals surface area contributed by atoms with Crippen LogP contribution in [-0.4, -0.2) is 49.1 Å². The number of carbonyl (C=O) groups is 1. The number of hydrogen-bond donors (Lipinski definition) is 3. The molecule has 2 saturated heterocycles. The Hall–Kier alpha value is -1.63. The van der Waals surface area contributed by atoms with Crippen molar-refractivity contribution < 1.29 is 9.53 Å². The summed E-state index contributed by atoms with van der Waals surface area (Å²) in [4.78, 5) is 15.0. The molecule has 3 unspecified atom stereocenters. The Kier molecular flexibility index (Phi) is 4.92. The lowest BCUT2D eigenvalue weighted by Crippen LogP contribution is -2.47. The van der Waals surface area contributed by atoms with Gasteiger partial charge in [-0.05, 0) is 49.5 Å². The van der Waals surface area contributed by atoms with Gasteiger partial charge in [-0.1, -0.05) is 19.1 Å². The first kappa shape index (κ1) is 16.8. The van der Waals surface area contributed by atoms with Gasteiger partial charge in [-0.3, -0.25) is 9.69 Å². The zero-order chi connectivity index (χ0) is 17.2. The van der Waals surface area contributed by atoms with Crippen molar-refractivity contribution >= 4 is 5.91 Å². The highest BCUT2D eigenvalue weighted by Gasteiger charge is 2.31. The molecular weight excluding hydrogens is 316 g/mol. The van der Waals surface area contributed by atoms with Crippen molar-refractivity contribution in [3.05, 3.63) is 29.3 Å². The molecule has 0 radical (unpaired) electrons. The number of likely N-dealkylation sites (N-methyl/N-ethyl adjacent to an activating group) is 1. The van der Waals surface area contributed by atoms with Crippen molar-refractivity contribution in [2.24, 2.45) is 0 Å². The second kappa shape index (κ2) is 7.32. The van der Waals surface area contributed by atoms with Crippen molar-refractivity contribution in [2.75, 3.05) is 26.2 Å². The maximum Gasteiger partial charge on any atom is 0.238 e. The molecule has 136 valence electrons. The van der Waals surface area contributed by atoms with Crippen LogP contribution < -0.4 is 20.9 Å². The average Bonchev–Trinajstić information content (AvgIpc) is 3.38. The first-order chi connectivity index (χ1) is 12.2. The molecule has 3 N–H and O–H groups in total. The number of hydrazine groups is 1. The van der Waals surface area contributed by atoms with E-state index in [0.29, 0.717) is 6.04 Å². The van der Waals surface area contributed by atoms with Gasteiger partial charge in [-0.25, -0.2) is 10.9 Å². The second-order valence-corrected chi connectivity index (χ2v) is 7.26. The Bertz CT molecular complexity index is 636. The van der Waals surface area contributed by atoms with E-state index in [4.69, 9.17) is 4.74 Å². The zero-order valence-electron chi connectivity index (χ0n) is 14.9. The van der Waals surface area contributed by atoms with E-state index in [9.17, 15) is 4.79 Å². The van der Waals surface area contributed by atoms with Gasteiger partial charge >= 0.3 is 0 Å². The number of ether oxygens (including phenoxy) is 1. The molecule has 4 rings (SSSR count). The largest absolute Gasteiger partial charge is 0.493 e. The molecule has 0 aromatic heterocycles. The zero-order valence-corrected chi connectivity index (χ0v) is 14.9. The molecule has 2 fully saturated rings. The van der Waals surface area contributed by atoms with Crippen LogP contribution in [0.15, 0.2) is 18.2 Å². The van der Waals surface area contributed by atoms with Crippen molar-refractivity contribution in [1.82, 2.24) is 21.1 Å². The Morgan fingerprint density at radius 3 is 3.20 bits per heavy atom. The number of nitrogens with zero attached hydrogens (tertiary/aromatic N) is 1. The first-order valence-electron chi connectivity index (χ1n) is 9.53. The van der Waals surface area contributed by atoms with Gasteiger partial charge in [0.05, 0.1) is 6.61 Å². The topological polar surface area (TPSA) is 65.6 Å². The average molecular weight is 344 g/mol. The third kappa shape index (κ3) is 3.52. The van der Waals surface area contributed by atoms with Gasteiger partial charge in [0.2, 0.25) is 5.91 Å². The standard InChI is InChI=1S/C19H28N4O2/c1-2-23-8-3-4-15(23)12-20-19(24)17-11-16(21-22-17)13-5-6-18-14(10-13)7-9-25-18/h5-6,10,15-17,21-22H,2-4,7-9,11-12H2,1H3,(H,20,24). The number of nitrogens with one attached hydrogen (secondary N) is 3. The maximum atomic E-state index is 12.5. The van der Waals surface area contributed by atoms with E-state index in [1.807, 2.05) is 6.07 Å². The normalized spacial score (nSPS) is 28.8. The van der Waals surface area contributed by atoms with Gasteiger partial charge in [0, 0.05) is 25.0 Å². The Balaban J connectivity index is 1.30. The molecule has 1 aromatic carbocycles. The van der Waals surface area contributed by atoms with Crippen LogP contribution in [-0.2, 0) is 11.2 Å². The van der Waals surface area contributed by atoms with Crippen LogP contribution in [0, 0.1) is 0 Å². The summed E-state index contributed by atoms with van der Waals surface area (Å²) in [6, 6.07) is 6.84. The fourth-order valence-corrected chi connectivity index (χ4v) is 4.25.